The lowest BCUT2D eigenvalue weighted by atomic mass is 9.99. The van der Waals surface area contributed by atoms with E-state index in [1.54, 1.807) is 6.07 Å². The molecule has 0 saturated heterocycles. The van der Waals surface area contributed by atoms with Gasteiger partial charge in [0.05, 0.1) is 0 Å². The number of halogens is 2. The highest BCUT2D eigenvalue weighted by atomic mass is 79.9. The van der Waals surface area contributed by atoms with E-state index in [-0.39, 0.29) is 5.82 Å². The summed E-state index contributed by atoms with van der Waals surface area (Å²) in [5.41, 5.74) is 2.38. The van der Waals surface area contributed by atoms with Gasteiger partial charge in [-0.15, -0.1) is 0 Å². The van der Waals surface area contributed by atoms with E-state index >= 15 is 0 Å². The Morgan fingerprint density at radius 3 is 2.52 bits per heavy atom. The molecule has 1 nitrogen and oxygen atoms in total. The number of aryl methyl sites for hydroxylation is 1. The summed E-state index contributed by atoms with van der Waals surface area (Å²) >= 11 is 3.36. The fourth-order valence-corrected chi connectivity index (χ4v) is 3.08. The van der Waals surface area contributed by atoms with Crippen molar-refractivity contribution in [2.24, 2.45) is 0 Å². The minimum Gasteiger partial charge on any atom is -0.314 e. The van der Waals surface area contributed by atoms with Crippen LogP contribution in [0.5, 0.6) is 0 Å². The van der Waals surface area contributed by atoms with E-state index in [0.717, 1.165) is 35.8 Å². The molecule has 2 aromatic carbocycles. The van der Waals surface area contributed by atoms with Crippen molar-refractivity contribution >= 4 is 15.9 Å². The topological polar surface area (TPSA) is 12.0 Å². The first-order chi connectivity index (χ1) is 10.2. The van der Waals surface area contributed by atoms with E-state index in [1.165, 1.54) is 11.6 Å². The Hall–Kier alpha value is -1.19. The average Bonchev–Trinajstić information content (AvgIpc) is 2.45. The molecule has 2 aromatic rings. The Morgan fingerprint density at radius 2 is 1.86 bits per heavy atom. The van der Waals surface area contributed by atoms with Crippen molar-refractivity contribution in [3.05, 3.63) is 69.9 Å². The second-order valence-electron chi connectivity index (χ2n) is 5.26. The SMILES string of the molecule is CCNC(CCc1ccccc1)Cc1cc(F)cc(Br)c1. The van der Waals surface area contributed by atoms with Gasteiger partial charge in [0, 0.05) is 10.5 Å². The van der Waals surface area contributed by atoms with E-state index in [0.29, 0.717) is 6.04 Å². The van der Waals surface area contributed by atoms with Crippen molar-refractivity contribution < 1.29 is 4.39 Å². The van der Waals surface area contributed by atoms with E-state index in [1.807, 2.05) is 12.1 Å². The van der Waals surface area contributed by atoms with Crippen molar-refractivity contribution in [2.45, 2.75) is 32.2 Å². The third-order valence-electron chi connectivity index (χ3n) is 3.52. The zero-order valence-corrected chi connectivity index (χ0v) is 13.9. The maximum atomic E-state index is 13.5. The Bertz CT molecular complexity index is 536. The summed E-state index contributed by atoms with van der Waals surface area (Å²) in [6.45, 7) is 3.03. The number of benzene rings is 2. The second kappa shape index (κ2) is 8.30. The lowest BCUT2D eigenvalue weighted by Gasteiger charge is -2.18. The molecule has 1 unspecified atom stereocenters. The molecule has 0 aliphatic heterocycles. The first-order valence-electron chi connectivity index (χ1n) is 7.39. The monoisotopic (exact) mass is 349 g/mol. The lowest BCUT2D eigenvalue weighted by molar-refractivity contribution is 0.489. The quantitative estimate of drug-likeness (QED) is 0.760. The predicted molar refractivity (Wildman–Crippen MR) is 90.0 cm³/mol. The average molecular weight is 350 g/mol. The highest BCUT2D eigenvalue weighted by Gasteiger charge is 2.10. The largest absolute Gasteiger partial charge is 0.314 e. The Kier molecular flexibility index (Phi) is 6.40. The molecule has 0 spiro atoms. The van der Waals surface area contributed by atoms with Crippen LogP contribution < -0.4 is 5.32 Å². The molecule has 0 aliphatic rings. The minimum absolute atomic E-state index is 0.183. The molecule has 0 saturated carbocycles. The number of likely N-dealkylation sites (N-methyl/N-ethyl adjacent to an activating group) is 1. The molecule has 0 aliphatic carbocycles. The van der Waals surface area contributed by atoms with Gasteiger partial charge in [0.2, 0.25) is 0 Å². The molecule has 21 heavy (non-hydrogen) atoms. The van der Waals surface area contributed by atoms with E-state index in [9.17, 15) is 4.39 Å². The Labute approximate surface area is 134 Å². The third kappa shape index (κ3) is 5.60. The molecule has 0 fully saturated rings. The molecule has 0 radical (unpaired) electrons. The fourth-order valence-electron chi connectivity index (χ4n) is 2.56. The Balaban J connectivity index is 1.98. The van der Waals surface area contributed by atoms with Gasteiger partial charge in [0.1, 0.15) is 5.82 Å². The molecular weight excluding hydrogens is 329 g/mol. The summed E-state index contributed by atoms with van der Waals surface area (Å²) in [6, 6.07) is 16.0. The predicted octanol–water partition coefficient (Wildman–Crippen LogP) is 4.74. The van der Waals surface area contributed by atoms with E-state index in [2.05, 4.69) is 52.4 Å². The van der Waals surface area contributed by atoms with Gasteiger partial charge >= 0.3 is 0 Å². The zero-order valence-electron chi connectivity index (χ0n) is 12.3. The first kappa shape index (κ1) is 16.2. The Morgan fingerprint density at radius 1 is 1.10 bits per heavy atom. The van der Waals surface area contributed by atoms with Crippen molar-refractivity contribution in [3.63, 3.8) is 0 Å². The third-order valence-corrected chi connectivity index (χ3v) is 3.98. The van der Waals surface area contributed by atoms with Gasteiger partial charge < -0.3 is 5.32 Å². The van der Waals surface area contributed by atoms with Gasteiger partial charge in [-0.05, 0) is 55.1 Å². The number of hydrogen-bond donors (Lipinski definition) is 1. The summed E-state index contributed by atoms with van der Waals surface area (Å²) in [4.78, 5) is 0. The van der Waals surface area contributed by atoms with Crippen molar-refractivity contribution in [3.8, 4) is 0 Å². The van der Waals surface area contributed by atoms with E-state index < -0.39 is 0 Å². The normalized spacial score (nSPS) is 12.3. The van der Waals surface area contributed by atoms with Crippen LogP contribution in [0.25, 0.3) is 0 Å². The molecule has 0 aromatic heterocycles. The molecular formula is C18H21BrFN. The highest BCUT2D eigenvalue weighted by Crippen LogP contribution is 2.17. The molecule has 112 valence electrons. The summed E-state index contributed by atoms with van der Waals surface area (Å²) in [5.74, 6) is -0.183. The van der Waals surface area contributed by atoms with Gasteiger partial charge in [0.25, 0.3) is 0 Å². The fraction of sp³-hybridized carbons (Fsp3) is 0.333. The van der Waals surface area contributed by atoms with Crippen molar-refractivity contribution in [1.82, 2.24) is 5.32 Å². The van der Waals surface area contributed by atoms with Crippen LogP contribution in [0.4, 0.5) is 4.39 Å². The molecule has 0 amide bonds. The molecule has 0 bridgehead atoms. The van der Waals surface area contributed by atoms with Gasteiger partial charge in [-0.3, -0.25) is 0 Å². The van der Waals surface area contributed by atoms with E-state index in [4.69, 9.17) is 0 Å². The first-order valence-corrected chi connectivity index (χ1v) is 8.19. The van der Waals surface area contributed by atoms with Gasteiger partial charge in [-0.25, -0.2) is 4.39 Å². The highest BCUT2D eigenvalue weighted by molar-refractivity contribution is 9.10. The maximum Gasteiger partial charge on any atom is 0.124 e. The van der Waals surface area contributed by atoms with Crippen LogP contribution in [0.1, 0.15) is 24.5 Å². The number of nitrogens with one attached hydrogen (secondary N) is 1. The molecule has 2 rings (SSSR count). The van der Waals surface area contributed by atoms with Crippen molar-refractivity contribution in [1.29, 1.82) is 0 Å². The number of rotatable bonds is 7. The van der Waals surface area contributed by atoms with Crippen LogP contribution >= 0.6 is 15.9 Å². The van der Waals surface area contributed by atoms with Crippen LogP contribution in [-0.2, 0) is 12.8 Å². The van der Waals surface area contributed by atoms with Gasteiger partial charge in [-0.2, -0.15) is 0 Å². The van der Waals surface area contributed by atoms with Crippen LogP contribution in [0.2, 0.25) is 0 Å². The standard InChI is InChI=1S/C18H21BrFN/c1-2-21-18(9-8-14-6-4-3-5-7-14)12-15-10-16(19)13-17(20)11-15/h3-7,10-11,13,18,21H,2,8-9,12H2,1H3. The van der Waals surface area contributed by atoms with Gasteiger partial charge in [0.15, 0.2) is 0 Å². The summed E-state index contributed by atoms with van der Waals surface area (Å²) in [7, 11) is 0. The summed E-state index contributed by atoms with van der Waals surface area (Å²) in [5, 5.41) is 3.50. The van der Waals surface area contributed by atoms with Crippen LogP contribution in [0.3, 0.4) is 0 Å². The van der Waals surface area contributed by atoms with Crippen LogP contribution in [-0.4, -0.2) is 12.6 Å². The molecule has 1 N–H and O–H groups in total. The lowest BCUT2D eigenvalue weighted by Crippen LogP contribution is -2.31. The molecule has 0 heterocycles. The number of hydrogen-bond acceptors (Lipinski definition) is 1. The zero-order chi connectivity index (χ0) is 15.1. The molecule has 1 atom stereocenters. The van der Waals surface area contributed by atoms with Crippen LogP contribution in [0.15, 0.2) is 53.0 Å². The van der Waals surface area contributed by atoms with Gasteiger partial charge in [-0.1, -0.05) is 53.2 Å². The smallest absolute Gasteiger partial charge is 0.124 e. The van der Waals surface area contributed by atoms with Crippen LogP contribution in [0, 0.1) is 5.82 Å². The summed E-state index contributed by atoms with van der Waals surface area (Å²) in [6.07, 6.45) is 2.93. The molecule has 3 heteroatoms. The minimum atomic E-state index is -0.183. The summed E-state index contributed by atoms with van der Waals surface area (Å²) < 4.78 is 14.3. The van der Waals surface area contributed by atoms with Crippen molar-refractivity contribution in [2.75, 3.05) is 6.54 Å². The maximum absolute atomic E-state index is 13.5. The second-order valence-corrected chi connectivity index (χ2v) is 6.18.